The van der Waals surface area contributed by atoms with Gasteiger partial charge >= 0.3 is 0 Å². The molecule has 0 aliphatic carbocycles. The third-order valence-electron chi connectivity index (χ3n) is 2.98. The first kappa shape index (κ1) is 17.4. The van der Waals surface area contributed by atoms with Crippen LogP contribution in [0.25, 0.3) is 0 Å². The number of carbonyl (C=O) groups is 1. The molecule has 1 amide bonds. The van der Waals surface area contributed by atoms with Crippen LogP contribution >= 0.6 is 23.2 Å². The van der Waals surface area contributed by atoms with Gasteiger partial charge in [0.2, 0.25) is 5.91 Å². The Morgan fingerprint density at radius 2 is 2.00 bits per heavy atom. The van der Waals surface area contributed by atoms with E-state index in [9.17, 15) is 9.18 Å². The lowest BCUT2D eigenvalue weighted by atomic mass is 10.2. The summed E-state index contributed by atoms with van der Waals surface area (Å²) in [6, 6.07) is 9.04. The Kier molecular flexibility index (Phi) is 6.07. The second-order valence-corrected chi connectivity index (χ2v) is 5.65. The Bertz CT molecular complexity index is 710. The van der Waals surface area contributed by atoms with E-state index in [0.717, 1.165) is 0 Å². The predicted molar refractivity (Wildman–Crippen MR) is 90.6 cm³/mol. The van der Waals surface area contributed by atoms with Gasteiger partial charge in [0.15, 0.2) is 0 Å². The molecule has 0 fully saturated rings. The van der Waals surface area contributed by atoms with Gasteiger partial charge in [-0.15, -0.1) is 0 Å². The molecule has 2 aromatic rings. The maximum Gasteiger partial charge on any atom is 0.224 e. The third-order valence-corrected chi connectivity index (χ3v) is 3.51. The molecular weight excluding hydrogens is 342 g/mol. The molecule has 7 heteroatoms. The van der Waals surface area contributed by atoms with Crippen LogP contribution < -0.4 is 15.8 Å². The summed E-state index contributed by atoms with van der Waals surface area (Å²) in [6.45, 7) is 0.324. The zero-order valence-electron chi connectivity index (χ0n) is 12.1. The highest BCUT2D eigenvalue weighted by Crippen LogP contribution is 2.27. The van der Waals surface area contributed by atoms with Gasteiger partial charge in [-0.3, -0.25) is 4.79 Å². The number of nitrogen functional groups attached to an aromatic ring is 1. The van der Waals surface area contributed by atoms with Gasteiger partial charge < -0.3 is 15.8 Å². The van der Waals surface area contributed by atoms with Crippen molar-refractivity contribution in [2.24, 2.45) is 0 Å². The van der Waals surface area contributed by atoms with Crippen LogP contribution in [-0.2, 0) is 4.79 Å². The van der Waals surface area contributed by atoms with Crippen LogP contribution in [0.1, 0.15) is 12.8 Å². The first-order chi connectivity index (χ1) is 11.0. The van der Waals surface area contributed by atoms with Crippen molar-refractivity contribution in [1.29, 1.82) is 0 Å². The fourth-order valence-electron chi connectivity index (χ4n) is 1.84. The molecule has 0 spiro atoms. The Morgan fingerprint density at radius 1 is 1.22 bits per heavy atom. The molecule has 122 valence electrons. The van der Waals surface area contributed by atoms with Crippen molar-refractivity contribution in [1.82, 2.24) is 0 Å². The van der Waals surface area contributed by atoms with Gasteiger partial charge in [-0.2, -0.15) is 0 Å². The molecule has 0 heterocycles. The van der Waals surface area contributed by atoms with Crippen LogP contribution in [0.5, 0.6) is 5.75 Å². The van der Waals surface area contributed by atoms with E-state index in [1.807, 2.05) is 0 Å². The van der Waals surface area contributed by atoms with Crippen molar-refractivity contribution < 1.29 is 13.9 Å². The van der Waals surface area contributed by atoms with E-state index in [1.54, 1.807) is 24.3 Å². The number of hydrogen-bond acceptors (Lipinski definition) is 3. The number of benzene rings is 2. The summed E-state index contributed by atoms with van der Waals surface area (Å²) in [4.78, 5) is 11.8. The molecule has 23 heavy (non-hydrogen) atoms. The highest BCUT2D eigenvalue weighted by Gasteiger charge is 2.06. The van der Waals surface area contributed by atoms with E-state index >= 15 is 0 Å². The number of ether oxygens (including phenoxy) is 1. The summed E-state index contributed by atoms with van der Waals surface area (Å²) in [6.07, 6.45) is 0.722. The number of rotatable bonds is 6. The maximum atomic E-state index is 13.3. The van der Waals surface area contributed by atoms with Crippen LogP contribution in [0.3, 0.4) is 0 Å². The van der Waals surface area contributed by atoms with Crippen molar-refractivity contribution >= 4 is 40.5 Å². The molecular formula is C16H15Cl2FN2O2. The molecule has 2 aromatic carbocycles. The number of anilines is 2. The van der Waals surface area contributed by atoms with Crippen LogP contribution in [0, 0.1) is 5.82 Å². The molecule has 0 aliphatic rings. The minimum absolute atomic E-state index is 0.0382. The summed E-state index contributed by atoms with van der Waals surface area (Å²) in [5.41, 5.74) is 5.77. The lowest BCUT2D eigenvalue weighted by Crippen LogP contribution is -2.13. The van der Waals surface area contributed by atoms with Gasteiger partial charge in [-0.05, 0) is 42.8 Å². The molecule has 0 unspecified atom stereocenters. The lowest BCUT2D eigenvalue weighted by molar-refractivity contribution is -0.116. The van der Waals surface area contributed by atoms with Crippen molar-refractivity contribution in [3.8, 4) is 5.75 Å². The Hall–Kier alpha value is -1.98. The highest BCUT2D eigenvalue weighted by atomic mass is 35.5. The summed E-state index contributed by atoms with van der Waals surface area (Å²) in [5.74, 6) is -0.291. The van der Waals surface area contributed by atoms with Crippen molar-refractivity contribution in [3.63, 3.8) is 0 Å². The molecule has 4 nitrogen and oxygen atoms in total. The molecule has 3 N–H and O–H groups in total. The molecule has 0 saturated carbocycles. The largest absolute Gasteiger partial charge is 0.492 e. The highest BCUT2D eigenvalue weighted by molar-refractivity contribution is 6.35. The molecule has 0 saturated heterocycles. The normalized spacial score (nSPS) is 10.4. The van der Waals surface area contributed by atoms with Crippen LogP contribution in [0.15, 0.2) is 36.4 Å². The van der Waals surface area contributed by atoms with Crippen molar-refractivity contribution in [2.45, 2.75) is 12.8 Å². The average molecular weight is 357 g/mol. The monoisotopic (exact) mass is 356 g/mol. The van der Waals surface area contributed by atoms with Crippen molar-refractivity contribution in [3.05, 3.63) is 52.3 Å². The van der Waals surface area contributed by atoms with Crippen LogP contribution in [0.2, 0.25) is 10.0 Å². The van der Waals surface area contributed by atoms with Gasteiger partial charge in [0.1, 0.15) is 11.6 Å². The molecule has 0 atom stereocenters. The first-order valence-electron chi connectivity index (χ1n) is 6.88. The summed E-state index contributed by atoms with van der Waals surface area (Å²) in [7, 11) is 0. The minimum Gasteiger partial charge on any atom is -0.492 e. The van der Waals surface area contributed by atoms with Crippen LogP contribution in [0.4, 0.5) is 15.8 Å². The quantitative estimate of drug-likeness (QED) is 0.591. The smallest absolute Gasteiger partial charge is 0.224 e. The fraction of sp³-hybridized carbons (Fsp3) is 0.188. The van der Waals surface area contributed by atoms with Gasteiger partial charge in [0.05, 0.1) is 17.3 Å². The number of nitrogens with two attached hydrogens (primary N) is 1. The van der Waals surface area contributed by atoms with Crippen LogP contribution in [-0.4, -0.2) is 12.5 Å². The van der Waals surface area contributed by atoms with E-state index in [2.05, 4.69) is 5.32 Å². The lowest BCUT2D eigenvalue weighted by Gasteiger charge is -2.09. The third kappa shape index (κ3) is 5.30. The summed E-state index contributed by atoms with van der Waals surface area (Å²) < 4.78 is 18.8. The standard InChI is InChI=1S/C16H15Cl2FN2O2/c17-10-3-6-15(12(18)8-10)23-7-1-2-16(22)21-11-4-5-14(20)13(19)9-11/h3-6,8-9H,1-2,7,20H2,(H,21,22). The SMILES string of the molecule is Nc1ccc(NC(=O)CCCOc2ccc(Cl)cc2Cl)cc1F. The zero-order valence-corrected chi connectivity index (χ0v) is 13.6. The number of carbonyl (C=O) groups excluding carboxylic acids is 1. The Labute approximate surface area is 143 Å². The first-order valence-corrected chi connectivity index (χ1v) is 7.64. The minimum atomic E-state index is -0.566. The van der Waals surface area contributed by atoms with E-state index in [4.69, 9.17) is 33.7 Å². The second-order valence-electron chi connectivity index (χ2n) is 4.81. The van der Waals surface area contributed by atoms with E-state index in [-0.39, 0.29) is 18.0 Å². The molecule has 0 aromatic heterocycles. The fourth-order valence-corrected chi connectivity index (χ4v) is 2.30. The molecule has 0 radical (unpaired) electrons. The van der Waals surface area contributed by atoms with Gasteiger partial charge in [0.25, 0.3) is 0 Å². The Morgan fingerprint density at radius 3 is 2.70 bits per heavy atom. The van der Waals surface area contributed by atoms with E-state index in [0.29, 0.717) is 34.5 Å². The Balaban J connectivity index is 1.75. The average Bonchev–Trinajstić information content (AvgIpc) is 2.49. The molecule has 2 rings (SSSR count). The topological polar surface area (TPSA) is 64.3 Å². The molecule has 0 bridgehead atoms. The number of amides is 1. The van der Waals surface area contributed by atoms with Gasteiger partial charge in [-0.25, -0.2) is 4.39 Å². The second kappa shape index (κ2) is 8.04. The summed E-state index contributed by atoms with van der Waals surface area (Å²) in [5, 5.41) is 3.54. The van der Waals surface area contributed by atoms with Gasteiger partial charge in [-0.1, -0.05) is 23.2 Å². The summed E-state index contributed by atoms with van der Waals surface area (Å²) >= 11 is 11.8. The molecule has 0 aliphatic heterocycles. The van der Waals surface area contributed by atoms with E-state index in [1.165, 1.54) is 12.1 Å². The van der Waals surface area contributed by atoms with E-state index < -0.39 is 5.82 Å². The zero-order chi connectivity index (χ0) is 16.8. The number of nitrogens with one attached hydrogen (secondary N) is 1. The van der Waals surface area contributed by atoms with Crippen molar-refractivity contribution in [2.75, 3.05) is 17.7 Å². The number of halogens is 3. The predicted octanol–water partition coefficient (Wildman–Crippen LogP) is 4.51. The van der Waals surface area contributed by atoms with Gasteiger partial charge in [0, 0.05) is 17.1 Å². The number of hydrogen-bond donors (Lipinski definition) is 2. The maximum absolute atomic E-state index is 13.3.